The minimum absolute atomic E-state index is 0.322. The van der Waals surface area contributed by atoms with Gasteiger partial charge >= 0.3 is 0 Å². The maximum absolute atomic E-state index is 8.63. The molecule has 0 aliphatic heterocycles. The summed E-state index contributed by atoms with van der Waals surface area (Å²) in [5, 5.41) is 17.3. The zero-order valence-electron chi connectivity index (χ0n) is 13.3. The van der Waals surface area contributed by atoms with Crippen molar-refractivity contribution in [2.75, 3.05) is 0 Å². The van der Waals surface area contributed by atoms with Crippen molar-refractivity contribution in [3.63, 3.8) is 0 Å². The molecule has 2 aromatic carbocycles. The topological polar surface area (TPSA) is 40.5 Å². The van der Waals surface area contributed by atoms with Crippen LogP contribution in [0, 0.1) is 0 Å². The lowest BCUT2D eigenvalue weighted by atomic mass is 10.3. The van der Waals surface area contributed by atoms with E-state index in [1.165, 1.54) is 0 Å². The van der Waals surface area contributed by atoms with Crippen LogP contribution in [0.5, 0.6) is 11.5 Å². The number of phenols is 2. The lowest BCUT2D eigenvalue weighted by Gasteiger charge is -1.82. The van der Waals surface area contributed by atoms with Crippen LogP contribution < -0.4 is 0 Å². The number of para-hydroxylation sites is 2. The minimum atomic E-state index is 0.322. The first-order chi connectivity index (χ1) is 10.8. The average Bonchev–Trinajstić information content (AvgIpc) is 2.64. The van der Waals surface area contributed by atoms with Gasteiger partial charge in [0.2, 0.25) is 0 Å². The highest BCUT2D eigenvalue weighted by Gasteiger charge is 1.75. The zero-order chi connectivity index (χ0) is 18.2. The van der Waals surface area contributed by atoms with Crippen molar-refractivity contribution >= 4 is 0 Å². The Hall–Kier alpha value is -3.00. The fourth-order valence-electron chi connectivity index (χ4n) is 0.856. The first kappa shape index (κ1) is 27.4. The summed E-state index contributed by atoms with van der Waals surface area (Å²) in [6.07, 6.45) is 0. The molecule has 0 saturated heterocycles. The van der Waals surface area contributed by atoms with Gasteiger partial charge in [0.15, 0.2) is 0 Å². The van der Waals surface area contributed by atoms with Crippen LogP contribution in [0.2, 0.25) is 0 Å². The summed E-state index contributed by atoms with van der Waals surface area (Å²) >= 11 is 0. The quantitative estimate of drug-likeness (QED) is 0.586. The number of hydrogen-bond acceptors (Lipinski definition) is 2. The summed E-state index contributed by atoms with van der Waals surface area (Å²) in [5.41, 5.74) is 0. The number of rotatable bonds is 0. The van der Waals surface area contributed by atoms with E-state index in [2.05, 4.69) is 52.6 Å². The molecule has 0 radical (unpaired) electrons. The number of phenolic OH excluding ortho intramolecular Hbond substituents is 2. The molecule has 2 nitrogen and oxygen atoms in total. The van der Waals surface area contributed by atoms with E-state index in [1.54, 1.807) is 48.5 Å². The molecular formula is C20H28O2. The molecule has 2 heteroatoms. The third-order valence-electron chi connectivity index (χ3n) is 1.51. The maximum Gasteiger partial charge on any atom is 0.115 e. The number of aromatic hydroxyl groups is 2. The fraction of sp³-hybridized carbons (Fsp3) is 0. The molecule has 120 valence electrons. The largest absolute Gasteiger partial charge is 0.508 e. The Bertz CT molecular complexity index is 353. The molecule has 0 heterocycles. The van der Waals surface area contributed by atoms with Crippen LogP contribution in [-0.2, 0) is 0 Å². The van der Waals surface area contributed by atoms with Crippen molar-refractivity contribution < 1.29 is 10.2 Å². The second kappa shape index (κ2) is 30.8. The summed E-state index contributed by atoms with van der Waals surface area (Å²) in [6, 6.07) is 17.4. The number of benzene rings is 2. The molecule has 0 spiro atoms. The van der Waals surface area contributed by atoms with E-state index in [9.17, 15) is 0 Å². The maximum atomic E-state index is 8.63. The van der Waals surface area contributed by atoms with E-state index in [4.69, 9.17) is 10.2 Å². The second-order valence-electron chi connectivity index (χ2n) is 2.67. The van der Waals surface area contributed by atoms with Crippen molar-refractivity contribution in [2.45, 2.75) is 0 Å². The highest BCUT2D eigenvalue weighted by atomic mass is 16.3. The van der Waals surface area contributed by atoms with Gasteiger partial charge in [0.25, 0.3) is 0 Å². The molecular weight excluding hydrogens is 272 g/mol. The molecule has 0 fully saturated rings. The molecule has 0 aromatic heterocycles. The predicted molar refractivity (Wildman–Crippen MR) is 101 cm³/mol. The molecule has 0 aliphatic rings. The SMILES string of the molecule is C=C.C=C.C=C.C=C.Oc1ccccc1.Oc1ccccc1. The van der Waals surface area contributed by atoms with E-state index < -0.39 is 0 Å². The smallest absolute Gasteiger partial charge is 0.115 e. The molecule has 22 heavy (non-hydrogen) atoms. The first-order valence-electron chi connectivity index (χ1n) is 6.27. The third-order valence-corrected chi connectivity index (χ3v) is 1.51. The minimum Gasteiger partial charge on any atom is -0.508 e. The number of hydrogen-bond donors (Lipinski definition) is 2. The fourth-order valence-corrected chi connectivity index (χ4v) is 0.856. The average molecular weight is 300 g/mol. The summed E-state index contributed by atoms with van der Waals surface area (Å²) in [4.78, 5) is 0. The summed E-state index contributed by atoms with van der Waals surface area (Å²) < 4.78 is 0. The Balaban J connectivity index is -0.000000102. The third kappa shape index (κ3) is 25.8. The highest BCUT2D eigenvalue weighted by Crippen LogP contribution is 2.03. The standard InChI is InChI=1S/2C6H6O.4C2H4/c2*7-6-4-2-1-3-5-6;4*1-2/h2*1-5,7H;4*1-2H2. The second-order valence-corrected chi connectivity index (χ2v) is 2.67. The van der Waals surface area contributed by atoms with Crippen LogP contribution in [0.15, 0.2) is 113 Å². The van der Waals surface area contributed by atoms with E-state index in [0.29, 0.717) is 11.5 Å². The molecule has 0 aliphatic carbocycles. The van der Waals surface area contributed by atoms with E-state index >= 15 is 0 Å². The molecule has 0 amide bonds. The monoisotopic (exact) mass is 300 g/mol. The van der Waals surface area contributed by atoms with Crippen molar-refractivity contribution in [1.29, 1.82) is 0 Å². The van der Waals surface area contributed by atoms with Gasteiger partial charge in [-0.2, -0.15) is 0 Å². The van der Waals surface area contributed by atoms with Gasteiger partial charge < -0.3 is 10.2 Å². The van der Waals surface area contributed by atoms with Crippen molar-refractivity contribution in [3.05, 3.63) is 113 Å². The van der Waals surface area contributed by atoms with Crippen molar-refractivity contribution in [2.24, 2.45) is 0 Å². The van der Waals surface area contributed by atoms with E-state index in [0.717, 1.165) is 0 Å². The molecule has 2 rings (SSSR count). The molecule has 2 N–H and O–H groups in total. The van der Waals surface area contributed by atoms with Crippen LogP contribution in [-0.4, -0.2) is 10.2 Å². The van der Waals surface area contributed by atoms with Gasteiger partial charge in [-0.3, -0.25) is 0 Å². The Morgan fingerprint density at radius 2 is 0.591 bits per heavy atom. The van der Waals surface area contributed by atoms with Gasteiger partial charge in [-0.05, 0) is 24.3 Å². The molecule has 2 aromatic rings. The van der Waals surface area contributed by atoms with Gasteiger partial charge in [-0.1, -0.05) is 36.4 Å². The van der Waals surface area contributed by atoms with E-state index in [-0.39, 0.29) is 0 Å². The zero-order valence-corrected chi connectivity index (χ0v) is 13.3. The predicted octanol–water partition coefficient (Wildman–Crippen LogP) is 5.99. The van der Waals surface area contributed by atoms with Crippen LogP contribution in [0.3, 0.4) is 0 Å². The van der Waals surface area contributed by atoms with Crippen molar-refractivity contribution in [1.82, 2.24) is 0 Å². The molecule has 0 bridgehead atoms. The Morgan fingerprint density at radius 3 is 0.682 bits per heavy atom. The van der Waals surface area contributed by atoms with E-state index in [1.807, 2.05) is 12.1 Å². The van der Waals surface area contributed by atoms with Crippen LogP contribution in [0.25, 0.3) is 0 Å². The Kier molecular flexibility index (Phi) is 38.3. The molecule has 0 saturated carbocycles. The Morgan fingerprint density at radius 1 is 0.409 bits per heavy atom. The lowest BCUT2D eigenvalue weighted by Crippen LogP contribution is -1.56. The Labute approximate surface area is 135 Å². The summed E-state index contributed by atoms with van der Waals surface area (Å²) in [7, 11) is 0. The lowest BCUT2D eigenvalue weighted by molar-refractivity contribution is 0.475. The molecule has 0 unspecified atom stereocenters. The van der Waals surface area contributed by atoms with Gasteiger partial charge in [0.1, 0.15) is 11.5 Å². The van der Waals surface area contributed by atoms with Gasteiger partial charge in [0, 0.05) is 0 Å². The van der Waals surface area contributed by atoms with Gasteiger partial charge in [-0.25, -0.2) is 0 Å². The normalized spacial score (nSPS) is 6.18. The first-order valence-corrected chi connectivity index (χ1v) is 6.27. The molecule has 0 atom stereocenters. The van der Waals surface area contributed by atoms with Crippen LogP contribution in [0.4, 0.5) is 0 Å². The van der Waals surface area contributed by atoms with Crippen LogP contribution >= 0.6 is 0 Å². The summed E-state index contributed by atoms with van der Waals surface area (Å²) in [6.45, 7) is 24.0. The van der Waals surface area contributed by atoms with Gasteiger partial charge in [-0.15, -0.1) is 52.6 Å². The summed E-state index contributed by atoms with van der Waals surface area (Å²) in [5.74, 6) is 0.644. The highest BCUT2D eigenvalue weighted by molar-refractivity contribution is 5.19. The van der Waals surface area contributed by atoms with Gasteiger partial charge in [0.05, 0.1) is 0 Å². The van der Waals surface area contributed by atoms with Crippen molar-refractivity contribution in [3.8, 4) is 11.5 Å². The van der Waals surface area contributed by atoms with Crippen LogP contribution in [0.1, 0.15) is 0 Å².